The Morgan fingerprint density at radius 3 is 2.43 bits per heavy atom. The number of nitriles is 1. The van der Waals surface area contributed by atoms with Gasteiger partial charge in [0, 0.05) is 23.4 Å². The summed E-state index contributed by atoms with van der Waals surface area (Å²) in [5.74, 6) is 1.75. The molecule has 4 rings (SSSR count). The molecule has 30 heavy (non-hydrogen) atoms. The number of methoxy groups -OCH3 is 1. The van der Waals surface area contributed by atoms with E-state index in [2.05, 4.69) is 26.7 Å². The van der Waals surface area contributed by atoms with Crippen molar-refractivity contribution >= 4 is 23.1 Å². The molecule has 2 N–H and O–H groups in total. The minimum atomic E-state index is 0.432. The number of ether oxygens (including phenoxy) is 1. The van der Waals surface area contributed by atoms with Gasteiger partial charge in [0.25, 0.3) is 0 Å². The lowest BCUT2D eigenvalue weighted by atomic mass is 10.1. The highest BCUT2D eigenvalue weighted by molar-refractivity contribution is 5.71. The van der Waals surface area contributed by atoms with Crippen molar-refractivity contribution < 1.29 is 4.74 Å². The summed E-state index contributed by atoms with van der Waals surface area (Å²) >= 11 is 0. The summed E-state index contributed by atoms with van der Waals surface area (Å²) in [5.41, 5.74) is 3.76. The molecule has 1 aromatic heterocycles. The Morgan fingerprint density at radius 2 is 1.63 bits per heavy atom. The highest BCUT2D eigenvalue weighted by Gasteiger charge is 2.10. The number of para-hydroxylation sites is 1. The first-order chi connectivity index (χ1) is 14.7. The molecule has 6 heteroatoms. The molecular formula is C24H19N5O. The molecule has 0 aliphatic heterocycles. The lowest BCUT2D eigenvalue weighted by Gasteiger charge is -2.13. The topological polar surface area (TPSA) is 82.9 Å². The van der Waals surface area contributed by atoms with Crippen LogP contribution in [0.5, 0.6) is 5.75 Å². The molecule has 4 aromatic rings. The van der Waals surface area contributed by atoms with Crippen LogP contribution in [0.25, 0.3) is 11.3 Å². The third-order valence-electron chi connectivity index (χ3n) is 4.43. The van der Waals surface area contributed by atoms with Gasteiger partial charge in [0.2, 0.25) is 5.95 Å². The van der Waals surface area contributed by atoms with E-state index in [9.17, 15) is 5.26 Å². The van der Waals surface area contributed by atoms with Crippen molar-refractivity contribution in [1.29, 1.82) is 5.26 Å². The third kappa shape index (κ3) is 4.37. The predicted molar refractivity (Wildman–Crippen MR) is 118 cm³/mol. The number of nitrogens with one attached hydrogen (secondary N) is 2. The summed E-state index contributed by atoms with van der Waals surface area (Å²) in [5, 5.41) is 15.9. The van der Waals surface area contributed by atoms with Gasteiger partial charge in [-0.05, 0) is 24.3 Å². The average Bonchev–Trinajstić information content (AvgIpc) is 2.80. The first kappa shape index (κ1) is 19.0. The van der Waals surface area contributed by atoms with Gasteiger partial charge in [-0.2, -0.15) is 10.2 Å². The largest absolute Gasteiger partial charge is 0.497 e. The molecule has 3 aromatic carbocycles. The second-order valence-corrected chi connectivity index (χ2v) is 6.47. The predicted octanol–water partition coefficient (Wildman–Crippen LogP) is 5.51. The molecule has 0 aliphatic carbocycles. The summed E-state index contributed by atoms with van der Waals surface area (Å²) in [6.45, 7) is 0. The van der Waals surface area contributed by atoms with Crippen LogP contribution in [0.3, 0.4) is 0 Å². The van der Waals surface area contributed by atoms with Crippen LogP contribution in [-0.2, 0) is 0 Å². The molecule has 0 saturated heterocycles. The fraction of sp³-hybridized carbons (Fsp3) is 0.0417. The van der Waals surface area contributed by atoms with Gasteiger partial charge in [-0.15, -0.1) is 0 Å². The van der Waals surface area contributed by atoms with Crippen LogP contribution in [0.1, 0.15) is 5.56 Å². The van der Waals surface area contributed by atoms with E-state index in [0.717, 1.165) is 22.7 Å². The molecule has 0 amide bonds. The maximum atomic E-state index is 9.38. The summed E-state index contributed by atoms with van der Waals surface area (Å²) in [7, 11) is 1.63. The fourth-order valence-corrected chi connectivity index (χ4v) is 2.98. The fourth-order valence-electron chi connectivity index (χ4n) is 2.98. The Hall–Kier alpha value is -4.37. The van der Waals surface area contributed by atoms with Gasteiger partial charge in [-0.3, -0.25) is 0 Å². The number of benzene rings is 3. The molecule has 0 fully saturated rings. The summed E-state index contributed by atoms with van der Waals surface area (Å²) in [4.78, 5) is 9.27. The SMILES string of the molecule is COc1cccc(Nc2nc(Nc3ccccc3C#N)cc(-c3ccccc3)n2)c1. The summed E-state index contributed by atoms with van der Waals surface area (Å²) < 4.78 is 5.29. The molecule has 1 heterocycles. The van der Waals surface area contributed by atoms with Crippen molar-refractivity contribution in [2.24, 2.45) is 0 Å². The van der Waals surface area contributed by atoms with Crippen molar-refractivity contribution in [3.05, 3.63) is 90.5 Å². The zero-order chi connectivity index (χ0) is 20.8. The Morgan fingerprint density at radius 1 is 0.833 bits per heavy atom. The average molecular weight is 393 g/mol. The highest BCUT2D eigenvalue weighted by Crippen LogP contribution is 2.27. The number of hydrogen-bond acceptors (Lipinski definition) is 6. The Balaban J connectivity index is 1.74. The summed E-state index contributed by atoms with van der Waals surface area (Å²) in [6, 6.07) is 28.8. The van der Waals surface area contributed by atoms with Crippen LogP contribution in [0.4, 0.5) is 23.1 Å². The van der Waals surface area contributed by atoms with Crippen LogP contribution in [0.15, 0.2) is 84.9 Å². The Labute approximate surface area is 174 Å². The van der Waals surface area contributed by atoms with Crippen LogP contribution >= 0.6 is 0 Å². The second kappa shape index (κ2) is 8.76. The molecule has 0 atom stereocenters. The van der Waals surface area contributed by atoms with Crippen molar-refractivity contribution in [2.45, 2.75) is 0 Å². The van der Waals surface area contributed by atoms with E-state index in [-0.39, 0.29) is 0 Å². The number of aromatic nitrogens is 2. The second-order valence-electron chi connectivity index (χ2n) is 6.47. The number of anilines is 4. The molecule has 146 valence electrons. The van der Waals surface area contributed by atoms with Crippen LogP contribution in [-0.4, -0.2) is 17.1 Å². The van der Waals surface area contributed by atoms with Gasteiger partial charge in [-0.25, -0.2) is 4.98 Å². The Bertz CT molecular complexity index is 1200. The minimum Gasteiger partial charge on any atom is -0.497 e. The normalized spacial score (nSPS) is 10.1. The van der Waals surface area contributed by atoms with E-state index < -0.39 is 0 Å². The van der Waals surface area contributed by atoms with Crippen molar-refractivity contribution in [3.8, 4) is 23.1 Å². The molecule has 0 bridgehead atoms. The minimum absolute atomic E-state index is 0.432. The maximum Gasteiger partial charge on any atom is 0.229 e. The zero-order valence-electron chi connectivity index (χ0n) is 16.3. The maximum absolute atomic E-state index is 9.38. The monoisotopic (exact) mass is 393 g/mol. The van der Waals surface area contributed by atoms with E-state index in [0.29, 0.717) is 23.0 Å². The number of hydrogen-bond donors (Lipinski definition) is 2. The van der Waals surface area contributed by atoms with E-state index >= 15 is 0 Å². The first-order valence-electron chi connectivity index (χ1n) is 9.37. The van der Waals surface area contributed by atoms with Crippen LogP contribution in [0, 0.1) is 11.3 Å². The van der Waals surface area contributed by atoms with Crippen molar-refractivity contribution in [2.75, 3.05) is 17.7 Å². The third-order valence-corrected chi connectivity index (χ3v) is 4.43. The molecule has 0 aliphatic rings. The number of nitrogens with zero attached hydrogens (tertiary/aromatic N) is 3. The van der Waals surface area contributed by atoms with Gasteiger partial charge in [0.1, 0.15) is 17.6 Å². The van der Waals surface area contributed by atoms with E-state index in [4.69, 9.17) is 4.74 Å². The van der Waals surface area contributed by atoms with E-state index in [1.54, 1.807) is 13.2 Å². The van der Waals surface area contributed by atoms with Crippen LogP contribution < -0.4 is 15.4 Å². The molecule has 0 saturated carbocycles. The van der Waals surface area contributed by atoms with Gasteiger partial charge >= 0.3 is 0 Å². The highest BCUT2D eigenvalue weighted by atomic mass is 16.5. The molecule has 0 unspecified atom stereocenters. The zero-order valence-corrected chi connectivity index (χ0v) is 16.3. The van der Waals surface area contributed by atoms with Gasteiger partial charge in [0.05, 0.1) is 24.1 Å². The lowest BCUT2D eigenvalue weighted by Crippen LogP contribution is -2.03. The standard InChI is InChI=1S/C24H19N5O/c1-30-20-12-7-11-19(14-20)26-24-28-22(17-8-3-2-4-9-17)15-23(29-24)27-21-13-6-5-10-18(21)16-25/h2-15H,1H3,(H2,26,27,28,29). The Kier molecular flexibility index (Phi) is 5.54. The molecule has 0 spiro atoms. The number of rotatable bonds is 6. The van der Waals surface area contributed by atoms with Crippen LogP contribution in [0.2, 0.25) is 0 Å². The van der Waals surface area contributed by atoms with Gasteiger partial charge in [0.15, 0.2) is 0 Å². The van der Waals surface area contributed by atoms with Crippen molar-refractivity contribution in [1.82, 2.24) is 9.97 Å². The lowest BCUT2D eigenvalue weighted by molar-refractivity contribution is 0.415. The molecule has 6 nitrogen and oxygen atoms in total. The smallest absolute Gasteiger partial charge is 0.229 e. The van der Waals surface area contributed by atoms with E-state index in [1.807, 2.05) is 78.9 Å². The van der Waals surface area contributed by atoms with Gasteiger partial charge < -0.3 is 15.4 Å². The van der Waals surface area contributed by atoms with Crippen molar-refractivity contribution in [3.63, 3.8) is 0 Å². The molecule has 0 radical (unpaired) electrons. The van der Waals surface area contributed by atoms with E-state index in [1.165, 1.54) is 0 Å². The van der Waals surface area contributed by atoms with Gasteiger partial charge in [-0.1, -0.05) is 48.5 Å². The summed E-state index contributed by atoms with van der Waals surface area (Å²) in [6.07, 6.45) is 0. The first-order valence-corrected chi connectivity index (χ1v) is 9.37. The molecular weight excluding hydrogens is 374 g/mol. The quantitative estimate of drug-likeness (QED) is 0.449.